The van der Waals surface area contributed by atoms with E-state index in [9.17, 15) is 4.79 Å². The molecule has 0 amide bonds. The number of fused-ring (bicyclic) bond motifs is 2. The molecule has 4 rings (SSSR count). The summed E-state index contributed by atoms with van der Waals surface area (Å²) in [6.45, 7) is 24.4. The van der Waals surface area contributed by atoms with Crippen molar-refractivity contribution < 1.29 is 22.1 Å². The van der Waals surface area contributed by atoms with Crippen LogP contribution in [0.15, 0.2) is 16.1 Å². The molecule has 2 saturated heterocycles. The highest BCUT2D eigenvalue weighted by Crippen LogP contribution is 2.49. The zero-order valence-corrected chi connectivity index (χ0v) is 31.2. The highest BCUT2D eigenvalue weighted by molar-refractivity contribution is 6.84. The Hall–Kier alpha value is -1.73. The molecule has 4 heterocycles. The van der Waals surface area contributed by atoms with Crippen LogP contribution in [0, 0.1) is 0 Å². The maximum absolute atomic E-state index is 13.0. The predicted molar refractivity (Wildman–Crippen MR) is 176 cm³/mol. The number of rotatable bonds is 9. The molecule has 242 valence electrons. The molecule has 0 unspecified atom stereocenters. The number of nitrogens with one attached hydrogen (secondary N) is 1. The molecule has 0 spiro atoms. The summed E-state index contributed by atoms with van der Waals surface area (Å²) >= 11 is 0. The van der Waals surface area contributed by atoms with Gasteiger partial charge >= 0.3 is 17.1 Å². The minimum absolute atomic E-state index is 0.164. The monoisotopic (exact) mass is 652 g/mol. The normalized spacial score (nSPS) is 26.2. The minimum Gasteiger partial charge on any atom is -0.414 e. The third-order valence-corrected chi connectivity index (χ3v) is 19.4. The van der Waals surface area contributed by atoms with Crippen molar-refractivity contribution in [3.05, 3.63) is 16.7 Å². The first-order valence-electron chi connectivity index (χ1n) is 15.4. The molecule has 15 heteroatoms. The summed E-state index contributed by atoms with van der Waals surface area (Å²) in [5.74, 6) is 0.184. The van der Waals surface area contributed by atoms with E-state index in [1.54, 1.807) is 22.1 Å². The van der Waals surface area contributed by atoms with E-state index in [4.69, 9.17) is 22.1 Å². The zero-order valence-electron chi connectivity index (χ0n) is 28.2. The van der Waals surface area contributed by atoms with E-state index in [-0.39, 0.29) is 39.2 Å². The molecule has 12 nitrogen and oxygen atoms in total. The number of hydrogen-bond acceptors (Lipinski definition) is 9. The molecule has 0 radical (unpaired) electrons. The van der Waals surface area contributed by atoms with Gasteiger partial charge < -0.3 is 27.0 Å². The topological polar surface area (TPSA) is 125 Å². The Morgan fingerprint density at radius 2 is 1.67 bits per heavy atom. The molecule has 2 aromatic heterocycles. The summed E-state index contributed by atoms with van der Waals surface area (Å²) in [5, 5.41) is 0. The lowest BCUT2D eigenvalue weighted by Crippen LogP contribution is -2.66. The third-order valence-electron chi connectivity index (χ3n) is 8.21. The van der Waals surface area contributed by atoms with Gasteiger partial charge in [-0.15, -0.1) is 0 Å². The van der Waals surface area contributed by atoms with Gasteiger partial charge in [0.15, 0.2) is 25.7 Å². The van der Waals surface area contributed by atoms with Crippen molar-refractivity contribution in [1.29, 1.82) is 0 Å². The lowest BCUT2D eigenvalue weighted by Gasteiger charge is -2.51. The summed E-state index contributed by atoms with van der Waals surface area (Å²) in [4.78, 5) is 30.9. The average Bonchev–Trinajstić information content (AvgIpc) is 3.42. The second-order valence-corrected chi connectivity index (χ2v) is 27.5. The van der Waals surface area contributed by atoms with Gasteiger partial charge in [0.1, 0.15) is 18.3 Å². The molecule has 1 N–H and O–H groups in total. The van der Waals surface area contributed by atoms with Crippen LogP contribution in [0.3, 0.4) is 0 Å². The van der Waals surface area contributed by atoms with Crippen molar-refractivity contribution in [1.82, 2.24) is 24.4 Å². The molecule has 2 aliphatic rings. The maximum Gasteiger partial charge on any atom is 0.335 e. The SMILES string of the molecule is CC(C)[Si]1(C(C)C)OC[C@H]2O[C@@H](n3cnc4c(=O)[nH]c(/N=C/N(C)C)nc43)[C@H](O[Si](C)(C)C)[C@@H]2O[Si](C(C)C)(C(C)C)O1. The van der Waals surface area contributed by atoms with Crippen molar-refractivity contribution in [2.45, 2.75) is 122 Å². The van der Waals surface area contributed by atoms with Gasteiger partial charge in [0.05, 0.1) is 19.3 Å². The minimum atomic E-state index is -2.92. The highest BCUT2D eigenvalue weighted by atomic mass is 28.5. The molecule has 0 aromatic carbocycles. The largest absolute Gasteiger partial charge is 0.414 e. The number of aromatic amines is 1. The number of ether oxygens (including phenoxy) is 1. The maximum atomic E-state index is 13.0. The Balaban J connectivity index is 1.88. The van der Waals surface area contributed by atoms with Crippen LogP contribution in [0.1, 0.15) is 61.6 Å². The summed E-state index contributed by atoms with van der Waals surface area (Å²) in [5.41, 5.74) is 0.984. The van der Waals surface area contributed by atoms with Crippen molar-refractivity contribution in [3.8, 4) is 0 Å². The lowest BCUT2D eigenvalue weighted by atomic mass is 10.1. The van der Waals surface area contributed by atoms with E-state index in [0.717, 1.165) is 0 Å². The molecule has 0 aliphatic carbocycles. The van der Waals surface area contributed by atoms with Gasteiger partial charge in [-0.1, -0.05) is 55.4 Å². The van der Waals surface area contributed by atoms with Crippen molar-refractivity contribution in [2.75, 3.05) is 20.7 Å². The Kier molecular flexibility index (Phi) is 9.99. The number of aromatic nitrogens is 4. The van der Waals surface area contributed by atoms with Crippen LogP contribution in [0.2, 0.25) is 41.8 Å². The first-order chi connectivity index (χ1) is 19.9. The number of hydrogen-bond donors (Lipinski definition) is 1. The molecular formula is C28H52N6O6Si3. The summed E-state index contributed by atoms with van der Waals surface area (Å²) in [7, 11) is -4.10. The Morgan fingerprint density at radius 3 is 2.21 bits per heavy atom. The second kappa shape index (κ2) is 12.6. The number of nitrogens with zero attached hydrogens (tertiary/aromatic N) is 5. The average molecular weight is 653 g/mol. The fourth-order valence-corrected chi connectivity index (χ4v) is 18.5. The summed E-state index contributed by atoms with van der Waals surface area (Å²) in [6, 6.07) is 0. The number of imidazole rings is 1. The Labute approximate surface area is 259 Å². The first-order valence-corrected chi connectivity index (χ1v) is 22.8. The first kappa shape index (κ1) is 34.1. The van der Waals surface area contributed by atoms with Crippen molar-refractivity contribution in [3.63, 3.8) is 0 Å². The van der Waals surface area contributed by atoms with Gasteiger partial charge in [-0.2, -0.15) is 4.98 Å². The Morgan fingerprint density at radius 1 is 1.07 bits per heavy atom. The summed E-state index contributed by atoms with van der Waals surface area (Å²) < 4.78 is 37.3. The molecule has 2 aliphatic heterocycles. The Bertz CT molecular complexity index is 1340. The van der Waals surface area contributed by atoms with Gasteiger partial charge in [0.2, 0.25) is 5.95 Å². The molecule has 43 heavy (non-hydrogen) atoms. The van der Waals surface area contributed by atoms with Crippen LogP contribution in [-0.4, -0.2) is 95.2 Å². The number of H-pyrrole nitrogens is 1. The van der Waals surface area contributed by atoms with E-state index < -0.39 is 50.0 Å². The molecule has 0 saturated carbocycles. The molecule has 0 bridgehead atoms. The standard InChI is InChI=1S/C28H52N6O6Si3/c1-17(2)42(18(3)4)36-14-21-23(39-43(40-42,19(5)6)20(7)8)24(38-41(11,12)13)27(37-21)34-16-29-22-25(34)31-28(32-26(22)35)30-15-33(9)10/h15-21,23-24,27H,14H2,1-13H3,(H,31,32,35)/b30-15+/t21-,23-,24-,27-/m1/s1. The molecule has 4 atom stereocenters. The molecular weight excluding hydrogens is 601 g/mol. The smallest absolute Gasteiger partial charge is 0.335 e. The highest BCUT2D eigenvalue weighted by Gasteiger charge is 2.62. The van der Waals surface area contributed by atoms with E-state index in [1.165, 1.54) is 0 Å². The van der Waals surface area contributed by atoms with Crippen LogP contribution in [0.4, 0.5) is 5.95 Å². The fraction of sp³-hybridized carbons (Fsp3) is 0.786. The van der Waals surface area contributed by atoms with Gasteiger partial charge in [-0.05, 0) is 41.8 Å². The fourth-order valence-electron chi connectivity index (χ4n) is 6.21. The van der Waals surface area contributed by atoms with Crippen LogP contribution in [0.25, 0.3) is 11.2 Å². The lowest BCUT2D eigenvalue weighted by molar-refractivity contribution is -0.0564. The quantitative estimate of drug-likeness (QED) is 0.215. The zero-order chi connectivity index (χ0) is 32.1. The number of aliphatic imine (C=N–C) groups is 1. The van der Waals surface area contributed by atoms with Crippen LogP contribution < -0.4 is 5.56 Å². The van der Waals surface area contributed by atoms with E-state index in [0.29, 0.717) is 12.3 Å². The van der Waals surface area contributed by atoms with Crippen LogP contribution in [-0.2, 0) is 22.1 Å². The van der Waals surface area contributed by atoms with Crippen molar-refractivity contribution >= 4 is 48.9 Å². The van der Waals surface area contributed by atoms with Crippen LogP contribution >= 0.6 is 0 Å². The van der Waals surface area contributed by atoms with Gasteiger partial charge in [-0.3, -0.25) is 14.3 Å². The summed E-state index contributed by atoms with van der Waals surface area (Å²) in [6.07, 6.45) is 1.20. The van der Waals surface area contributed by atoms with Crippen molar-refractivity contribution in [2.24, 2.45) is 4.99 Å². The van der Waals surface area contributed by atoms with Crippen LogP contribution in [0.5, 0.6) is 0 Å². The van der Waals surface area contributed by atoms with Gasteiger partial charge in [-0.25, -0.2) is 9.98 Å². The second-order valence-electron chi connectivity index (χ2n) is 14.2. The van der Waals surface area contributed by atoms with E-state index in [2.05, 4.69) is 95.0 Å². The van der Waals surface area contributed by atoms with E-state index in [1.807, 2.05) is 14.1 Å². The predicted octanol–water partition coefficient (Wildman–Crippen LogP) is 5.41. The molecule has 2 aromatic rings. The van der Waals surface area contributed by atoms with E-state index >= 15 is 0 Å². The molecule has 2 fully saturated rings. The third kappa shape index (κ3) is 6.64. The van der Waals surface area contributed by atoms with Gasteiger partial charge in [0, 0.05) is 14.1 Å². The van der Waals surface area contributed by atoms with Gasteiger partial charge in [0.25, 0.3) is 5.56 Å².